The molecular weight excluding hydrogens is 268 g/mol. The Hall–Kier alpha value is 0.520. The van der Waals surface area contributed by atoms with Crippen molar-refractivity contribution in [3.8, 4) is 0 Å². The van der Waals surface area contributed by atoms with Crippen molar-refractivity contribution >= 4 is 19.8 Å². The summed E-state index contributed by atoms with van der Waals surface area (Å²) in [4.78, 5) is 4.36. The number of hydrogen-bond donors (Lipinski definition) is 0. The minimum atomic E-state index is -3.94. The van der Waals surface area contributed by atoms with Crippen molar-refractivity contribution in [3.05, 3.63) is 0 Å². The van der Waals surface area contributed by atoms with E-state index in [0.29, 0.717) is 6.42 Å². The topological polar surface area (TPSA) is 0 Å². The quantitative estimate of drug-likeness (QED) is 0.420. The molecule has 0 aliphatic heterocycles. The van der Waals surface area contributed by atoms with Crippen molar-refractivity contribution in [1.29, 1.82) is 0 Å². The van der Waals surface area contributed by atoms with Gasteiger partial charge in [-0.05, 0) is 0 Å². The van der Waals surface area contributed by atoms with Gasteiger partial charge in [0, 0.05) is 0 Å². The van der Waals surface area contributed by atoms with Crippen molar-refractivity contribution in [3.63, 3.8) is 0 Å². The fourth-order valence-electron chi connectivity index (χ4n) is 0.687. The number of rotatable bonds is 4. The second kappa shape index (κ2) is 5.22. The first-order chi connectivity index (χ1) is 4.92. The molecule has 0 atom stereocenters. The molecule has 0 aliphatic rings. The predicted octanol–water partition coefficient (Wildman–Crippen LogP) is 3.49. The summed E-state index contributed by atoms with van der Waals surface area (Å²) in [7, 11) is 0. The molecule has 0 N–H and O–H groups in total. The van der Waals surface area contributed by atoms with Gasteiger partial charge in [-0.1, -0.05) is 0 Å². The average Bonchev–Trinajstić information content (AvgIpc) is 1.78. The molecule has 0 aromatic carbocycles. The molecule has 0 spiro atoms. The van der Waals surface area contributed by atoms with E-state index < -0.39 is 32.4 Å². The monoisotopic (exact) mass is 282 g/mol. The summed E-state index contributed by atoms with van der Waals surface area (Å²) in [6.07, 6.45) is -3.46. The van der Waals surface area contributed by atoms with Gasteiger partial charge >= 0.3 is 72.7 Å². The van der Waals surface area contributed by atoms with Crippen LogP contribution in [-0.2, 0) is 0 Å². The molecule has 0 bridgehead atoms. The van der Waals surface area contributed by atoms with Gasteiger partial charge in [-0.15, -0.1) is 0 Å². The van der Waals surface area contributed by atoms with Crippen LogP contribution in [0.3, 0.4) is 0 Å². The molecule has 0 amide bonds. The molecule has 0 aromatic rings. The molecule has 0 fully saturated rings. The van der Waals surface area contributed by atoms with E-state index in [1.54, 1.807) is 0 Å². The molecular formula is C7H14F3I. The van der Waals surface area contributed by atoms with Gasteiger partial charge in [0.25, 0.3) is 0 Å². The van der Waals surface area contributed by atoms with Crippen LogP contribution in [0.4, 0.5) is 13.2 Å². The van der Waals surface area contributed by atoms with Crippen LogP contribution in [0.25, 0.3) is 0 Å². The van der Waals surface area contributed by atoms with Crippen molar-refractivity contribution in [2.75, 3.05) is 14.3 Å². The summed E-state index contributed by atoms with van der Waals surface area (Å²) < 4.78 is 35.8. The Labute approximate surface area is 72.9 Å². The van der Waals surface area contributed by atoms with Gasteiger partial charge < -0.3 is 0 Å². The van der Waals surface area contributed by atoms with Crippen LogP contribution in [-0.4, -0.2) is 20.5 Å². The Morgan fingerprint density at radius 2 is 1.64 bits per heavy atom. The molecule has 70 valence electrons. The van der Waals surface area contributed by atoms with Crippen LogP contribution in [0.15, 0.2) is 0 Å². The fourth-order valence-corrected chi connectivity index (χ4v) is 2.75. The third kappa shape index (κ3) is 10.5. The first kappa shape index (κ1) is 11.5. The molecule has 0 aliphatic carbocycles. The number of unbranched alkanes of at least 4 members (excludes halogenated alkanes) is 1. The summed E-state index contributed by atoms with van der Waals surface area (Å²) in [6, 6.07) is 0. The van der Waals surface area contributed by atoms with E-state index in [1.807, 2.05) is 0 Å². The Bertz CT molecular complexity index is 98.3. The van der Waals surface area contributed by atoms with E-state index in [-0.39, 0.29) is 0 Å². The van der Waals surface area contributed by atoms with Crippen LogP contribution >= 0.6 is 19.8 Å². The van der Waals surface area contributed by atoms with Gasteiger partial charge in [0.1, 0.15) is 0 Å². The van der Waals surface area contributed by atoms with Gasteiger partial charge in [0.05, 0.1) is 0 Å². The van der Waals surface area contributed by atoms with Crippen LogP contribution in [0.2, 0.25) is 0 Å². The van der Waals surface area contributed by atoms with Gasteiger partial charge in [0.2, 0.25) is 0 Å². The van der Waals surface area contributed by atoms with E-state index in [0.717, 1.165) is 10.8 Å². The second-order valence-corrected chi connectivity index (χ2v) is 8.96. The SMILES string of the molecule is CI(C)CCCCC(F)(F)F. The van der Waals surface area contributed by atoms with Crippen molar-refractivity contribution in [2.24, 2.45) is 0 Å². The van der Waals surface area contributed by atoms with Crippen molar-refractivity contribution < 1.29 is 13.2 Å². The molecule has 0 saturated heterocycles. The average molecular weight is 282 g/mol. The van der Waals surface area contributed by atoms with Gasteiger partial charge in [-0.25, -0.2) is 0 Å². The van der Waals surface area contributed by atoms with Crippen LogP contribution in [0.1, 0.15) is 19.3 Å². The molecule has 0 nitrogen and oxygen atoms in total. The first-order valence-electron chi connectivity index (χ1n) is 3.44. The van der Waals surface area contributed by atoms with E-state index >= 15 is 0 Å². The molecule has 0 unspecified atom stereocenters. The van der Waals surface area contributed by atoms with Gasteiger partial charge in [-0.2, -0.15) is 0 Å². The second-order valence-electron chi connectivity index (χ2n) is 2.67. The number of alkyl halides is 6. The van der Waals surface area contributed by atoms with E-state index in [1.165, 1.54) is 0 Å². The normalized spacial score (nSPS) is 13.4. The summed E-state index contributed by atoms with van der Waals surface area (Å²) in [5.41, 5.74) is 0. The molecule has 0 saturated carbocycles. The molecule has 0 rings (SSSR count). The zero-order chi connectivity index (χ0) is 8.91. The van der Waals surface area contributed by atoms with Gasteiger partial charge in [0.15, 0.2) is 0 Å². The fraction of sp³-hybridized carbons (Fsp3) is 1.00. The van der Waals surface area contributed by atoms with Crippen LogP contribution in [0, 0.1) is 0 Å². The predicted molar refractivity (Wildman–Crippen MR) is 50.6 cm³/mol. The van der Waals surface area contributed by atoms with Gasteiger partial charge in [-0.3, -0.25) is 0 Å². The van der Waals surface area contributed by atoms with Crippen LogP contribution in [0.5, 0.6) is 0 Å². The maximum absolute atomic E-state index is 11.6. The van der Waals surface area contributed by atoms with E-state index in [4.69, 9.17) is 0 Å². The van der Waals surface area contributed by atoms with Crippen molar-refractivity contribution in [1.82, 2.24) is 0 Å². The maximum atomic E-state index is 11.6. The number of hydrogen-bond acceptors (Lipinski definition) is 0. The Balaban J connectivity index is 3.15. The molecule has 0 radical (unpaired) electrons. The summed E-state index contributed by atoms with van der Waals surface area (Å²) >= 11 is -0.769. The first-order valence-corrected chi connectivity index (χ1v) is 9.28. The zero-order valence-corrected chi connectivity index (χ0v) is 9.00. The van der Waals surface area contributed by atoms with E-state index in [9.17, 15) is 13.2 Å². The van der Waals surface area contributed by atoms with Crippen molar-refractivity contribution in [2.45, 2.75) is 25.4 Å². The molecule has 0 heterocycles. The third-order valence-electron chi connectivity index (χ3n) is 1.22. The molecule has 0 aromatic heterocycles. The Morgan fingerprint density at radius 1 is 1.09 bits per heavy atom. The molecule has 11 heavy (non-hydrogen) atoms. The third-order valence-corrected chi connectivity index (χ3v) is 4.14. The summed E-state index contributed by atoms with van der Waals surface area (Å²) in [6.45, 7) is 0. The summed E-state index contributed by atoms with van der Waals surface area (Å²) in [5, 5.41) is 0. The zero-order valence-electron chi connectivity index (χ0n) is 6.84. The Morgan fingerprint density at radius 3 is 2.00 bits per heavy atom. The molecule has 4 heteroatoms. The summed E-state index contributed by atoms with van der Waals surface area (Å²) in [5.74, 6) is 0. The standard InChI is InChI=1S/C7H14F3I/c1-11(2)6-4-3-5-7(8,9)10/h3-6H2,1-2H3. The Kier molecular flexibility index (Phi) is 5.46. The minimum absolute atomic E-state index is 0.319. The van der Waals surface area contributed by atoms with Crippen LogP contribution < -0.4 is 0 Å². The van der Waals surface area contributed by atoms with E-state index in [2.05, 4.69) is 9.86 Å². The number of halogens is 4.